The van der Waals surface area contributed by atoms with Gasteiger partial charge in [-0.25, -0.2) is 0 Å². The molecule has 5 rings (SSSR count). The number of hydrogen-bond acceptors (Lipinski definition) is 7. The fraction of sp³-hybridized carbons (Fsp3) is 0.241. The van der Waals surface area contributed by atoms with E-state index >= 15 is 0 Å². The van der Waals surface area contributed by atoms with E-state index in [0.29, 0.717) is 29.9 Å². The largest absolute Gasteiger partial charge is 0.363 e. The average molecular weight is 542 g/mol. The molecule has 0 bridgehead atoms. The molecular formula is C29H27N5O4S. The number of amides is 3. The van der Waals surface area contributed by atoms with E-state index in [1.54, 1.807) is 17.0 Å². The summed E-state index contributed by atoms with van der Waals surface area (Å²) in [5, 5.41) is 2.65. The maximum atomic E-state index is 13.3. The van der Waals surface area contributed by atoms with Crippen molar-refractivity contribution < 1.29 is 19.2 Å². The highest BCUT2D eigenvalue weighted by Gasteiger charge is 2.31. The van der Waals surface area contributed by atoms with Crippen LogP contribution in [0.1, 0.15) is 51.7 Å². The summed E-state index contributed by atoms with van der Waals surface area (Å²) in [4.78, 5) is 52.6. The summed E-state index contributed by atoms with van der Waals surface area (Å²) in [7, 11) is 0. The van der Waals surface area contributed by atoms with Crippen LogP contribution in [0.5, 0.6) is 0 Å². The van der Waals surface area contributed by atoms with Gasteiger partial charge < -0.3 is 16.0 Å². The first-order valence-corrected chi connectivity index (χ1v) is 13.3. The van der Waals surface area contributed by atoms with Crippen molar-refractivity contribution in [1.82, 2.24) is 19.0 Å². The quantitative estimate of drug-likeness (QED) is 0.399. The maximum absolute atomic E-state index is 13.3. The number of aromatic nitrogens is 2. The second-order valence-corrected chi connectivity index (χ2v) is 10.3. The first-order chi connectivity index (χ1) is 18.8. The Balaban J connectivity index is 1.36. The van der Waals surface area contributed by atoms with Gasteiger partial charge in [0.05, 0.1) is 11.7 Å². The van der Waals surface area contributed by atoms with Crippen LogP contribution in [0.15, 0.2) is 72.3 Å². The van der Waals surface area contributed by atoms with E-state index in [2.05, 4.69) is 14.1 Å². The lowest BCUT2D eigenvalue weighted by Crippen LogP contribution is -2.46. The number of primary amides is 1. The number of carbonyl (C=O) groups excluding carboxylic acids is 4. The second kappa shape index (κ2) is 11.1. The predicted molar refractivity (Wildman–Crippen MR) is 146 cm³/mol. The maximum Gasteiger partial charge on any atom is 0.287 e. The topological polar surface area (TPSA) is 135 Å². The van der Waals surface area contributed by atoms with Crippen molar-refractivity contribution in [2.24, 2.45) is 11.7 Å². The molecule has 0 saturated carbocycles. The van der Waals surface area contributed by atoms with Gasteiger partial charge in [0.25, 0.3) is 17.7 Å². The van der Waals surface area contributed by atoms with Crippen molar-refractivity contribution >= 4 is 35.2 Å². The monoisotopic (exact) mass is 541 g/mol. The third-order valence-electron chi connectivity index (χ3n) is 7.06. The Morgan fingerprint density at radius 3 is 2.69 bits per heavy atom. The lowest BCUT2D eigenvalue weighted by Gasteiger charge is -2.22. The number of hydrogen-bond donors (Lipinski definition) is 2. The smallest absolute Gasteiger partial charge is 0.287 e. The molecule has 3 amide bonds. The number of ketones is 1. The Morgan fingerprint density at radius 1 is 1.15 bits per heavy atom. The van der Waals surface area contributed by atoms with Crippen LogP contribution >= 0.6 is 11.7 Å². The molecule has 2 atom stereocenters. The van der Waals surface area contributed by atoms with E-state index in [9.17, 15) is 19.2 Å². The molecule has 2 unspecified atom stereocenters. The van der Waals surface area contributed by atoms with Gasteiger partial charge in [0, 0.05) is 24.2 Å². The number of rotatable bonds is 9. The molecule has 198 valence electrons. The standard InChI is InChI=1S/C29H27N5O4S/c1-17-7-5-6-10-19(17)14-23(26(35)27(30)36)31-28(37)25-24(32-39-33-25)20-11-12-21-16-34(29(38)22(21)13-20)15-18-8-3-2-4-9-18/h2-6,8-13,17,23H,7,14-16H2,1H3,(H2,30,36)(H,31,37). The van der Waals surface area contributed by atoms with E-state index in [1.165, 1.54) is 0 Å². The summed E-state index contributed by atoms with van der Waals surface area (Å²) < 4.78 is 8.47. The van der Waals surface area contributed by atoms with Crippen molar-refractivity contribution in [3.05, 3.63) is 94.7 Å². The minimum atomic E-state index is -1.13. The van der Waals surface area contributed by atoms with Gasteiger partial charge in [-0.3, -0.25) is 19.2 Å². The molecule has 1 aromatic heterocycles. The van der Waals surface area contributed by atoms with Gasteiger partial charge in [0.1, 0.15) is 11.7 Å². The summed E-state index contributed by atoms with van der Waals surface area (Å²) in [6, 6.07) is 14.0. The van der Waals surface area contributed by atoms with Crippen LogP contribution in [0.3, 0.4) is 0 Å². The minimum Gasteiger partial charge on any atom is -0.363 e. The number of nitrogens with two attached hydrogens (primary N) is 1. The third kappa shape index (κ3) is 5.56. The van der Waals surface area contributed by atoms with Gasteiger partial charge in [-0.2, -0.15) is 8.75 Å². The van der Waals surface area contributed by atoms with Gasteiger partial charge in [0.15, 0.2) is 5.69 Å². The molecule has 3 aromatic rings. The van der Waals surface area contributed by atoms with E-state index < -0.39 is 23.6 Å². The molecule has 0 spiro atoms. The van der Waals surface area contributed by atoms with E-state index in [4.69, 9.17) is 5.73 Å². The zero-order valence-corrected chi connectivity index (χ0v) is 22.1. The van der Waals surface area contributed by atoms with Crippen molar-refractivity contribution in [1.29, 1.82) is 0 Å². The first kappa shape index (κ1) is 26.2. The normalized spacial score (nSPS) is 16.9. The Bertz CT molecular complexity index is 1510. The molecule has 2 aliphatic rings. The van der Waals surface area contributed by atoms with Gasteiger partial charge in [-0.1, -0.05) is 73.2 Å². The van der Waals surface area contributed by atoms with Gasteiger partial charge in [-0.15, -0.1) is 0 Å². The summed E-state index contributed by atoms with van der Waals surface area (Å²) in [5.41, 5.74) is 9.58. The zero-order chi connectivity index (χ0) is 27.5. The molecule has 1 aliphatic heterocycles. The van der Waals surface area contributed by atoms with Crippen molar-refractivity contribution in [2.45, 2.75) is 38.9 Å². The summed E-state index contributed by atoms with van der Waals surface area (Å²) in [5.74, 6) is -2.57. The second-order valence-electron chi connectivity index (χ2n) is 9.75. The number of nitrogens with zero attached hydrogens (tertiary/aromatic N) is 3. The van der Waals surface area contributed by atoms with Crippen LogP contribution in [0, 0.1) is 5.92 Å². The zero-order valence-electron chi connectivity index (χ0n) is 21.3. The molecule has 0 radical (unpaired) electrons. The Hall–Kier alpha value is -4.44. The number of carbonyl (C=O) groups is 4. The average Bonchev–Trinajstić information content (AvgIpc) is 3.54. The lowest BCUT2D eigenvalue weighted by molar-refractivity contribution is -0.137. The van der Waals surface area contributed by atoms with Crippen molar-refractivity contribution in [3.8, 4) is 11.3 Å². The minimum absolute atomic E-state index is 0.0133. The number of Topliss-reactive ketones (excluding diaryl/α,β-unsaturated/α-hetero) is 1. The first-order valence-electron chi connectivity index (χ1n) is 12.6. The highest BCUT2D eigenvalue weighted by molar-refractivity contribution is 6.99. The summed E-state index contributed by atoms with van der Waals surface area (Å²) >= 11 is 0.850. The van der Waals surface area contributed by atoms with Crippen LogP contribution in [-0.2, 0) is 22.7 Å². The molecule has 0 fully saturated rings. The van der Waals surface area contributed by atoms with Crippen LogP contribution < -0.4 is 11.1 Å². The molecule has 0 saturated heterocycles. The molecule has 3 N–H and O–H groups in total. The SMILES string of the molecule is CC1CC=CC=C1CC(NC(=O)c1nsnc1-c1ccc2c(c1)C(=O)N(Cc1ccccc1)C2)C(=O)C(N)=O. The molecule has 1 aliphatic carbocycles. The van der Waals surface area contributed by atoms with Crippen LogP contribution in [-0.4, -0.2) is 43.2 Å². The fourth-order valence-corrected chi connectivity index (χ4v) is 5.43. The molecular weight excluding hydrogens is 514 g/mol. The van der Waals surface area contributed by atoms with Gasteiger partial charge >= 0.3 is 0 Å². The van der Waals surface area contributed by atoms with Crippen molar-refractivity contribution in [2.75, 3.05) is 0 Å². The van der Waals surface area contributed by atoms with E-state index in [0.717, 1.165) is 34.8 Å². The number of fused-ring (bicyclic) bond motifs is 1. The fourth-order valence-electron chi connectivity index (χ4n) is 4.87. The third-order valence-corrected chi connectivity index (χ3v) is 7.58. The summed E-state index contributed by atoms with van der Waals surface area (Å²) in [6.45, 7) is 3.00. The number of nitrogens with one attached hydrogen (secondary N) is 1. The van der Waals surface area contributed by atoms with Crippen LogP contribution in [0.4, 0.5) is 0 Å². The molecule has 39 heavy (non-hydrogen) atoms. The van der Waals surface area contributed by atoms with Crippen LogP contribution in [0.25, 0.3) is 11.3 Å². The Kier molecular flexibility index (Phi) is 7.47. The van der Waals surface area contributed by atoms with Crippen LogP contribution in [0.2, 0.25) is 0 Å². The highest BCUT2D eigenvalue weighted by Crippen LogP contribution is 2.31. The molecule has 2 heterocycles. The van der Waals surface area contributed by atoms with Gasteiger partial charge in [0.2, 0.25) is 5.78 Å². The Labute approximate surface area is 229 Å². The van der Waals surface area contributed by atoms with E-state index in [1.807, 2.05) is 61.5 Å². The highest BCUT2D eigenvalue weighted by atomic mass is 32.1. The Morgan fingerprint density at radius 2 is 1.95 bits per heavy atom. The van der Waals surface area contributed by atoms with Crippen molar-refractivity contribution in [3.63, 3.8) is 0 Å². The molecule has 9 nitrogen and oxygen atoms in total. The predicted octanol–water partition coefficient (Wildman–Crippen LogP) is 3.43. The molecule has 2 aromatic carbocycles. The number of benzene rings is 2. The molecule has 10 heteroatoms. The van der Waals surface area contributed by atoms with E-state index in [-0.39, 0.29) is 23.9 Å². The summed E-state index contributed by atoms with van der Waals surface area (Å²) in [6.07, 6.45) is 6.77. The van der Waals surface area contributed by atoms with Gasteiger partial charge in [-0.05, 0) is 36.0 Å². The lowest BCUT2D eigenvalue weighted by atomic mass is 9.87. The number of allylic oxidation sites excluding steroid dienone is 3.